The lowest BCUT2D eigenvalue weighted by Gasteiger charge is -2.31. The number of anilines is 1. The molecular formula is C22H28F3N4O8P. The number of nitrogens with zero attached hydrogens (tertiary/aromatic N) is 2. The van der Waals surface area contributed by atoms with Crippen molar-refractivity contribution in [2.24, 2.45) is 0 Å². The standard InChI is InChI=1S/C22H28F3N4O8P/c1-12(2)35-19(31)13(3)28-38(33,37-14-7-5-4-6-8-14)34-11-22(20(24)25)17(23)16(30)18(36-22)29-10-9-15(26)27-21(29)32/h4-10,12-13,16-18,20,30H,11H2,1-3H3,(H,28,33)(H2,26,27,32)/t13-,16+,17-,18+,22+,38?/m0/s1. The van der Waals surface area contributed by atoms with E-state index in [1.807, 2.05) is 0 Å². The van der Waals surface area contributed by atoms with E-state index < -0.39 is 68.7 Å². The number of esters is 1. The van der Waals surface area contributed by atoms with Crippen molar-refractivity contribution in [1.29, 1.82) is 0 Å². The van der Waals surface area contributed by atoms with Crippen LogP contribution in [0.25, 0.3) is 0 Å². The third-order valence-corrected chi connectivity index (χ3v) is 7.00. The van der Waals surface area contributed by atoms with Gasteiger partial charge in [-0.3, -0.25) is 13.9 Å². The number of aliphatic hydroxyl groups excluding tert-OH is 1. The van der Waals surface area contributed by atoms with Crippen molar-refractivity contribution >= 4 is 19.5 Å². The van der Waals surface area contributed by atoms with E-state index in [1.165, 1.54) is 31.2 Å². The summed E-state index contributed by atoms with van der Waals surface area (Å²) in [5, 5.41) is 12.7. The summed E-state index contributed by atoms with van der Waals surface area (Å²) >= 11 is 0. The van der Waals surface area contributed by atoms with Gasteiger partial charge in [-0.2, -0.15) is 10.1 Å². The number of halogens is 3. The van der Waals surface area contributed by atoms with Crippen molar-refractivity contribution in [2.75, 3.05) is 12.3 Å². The molecule has 1 fully saturated rings. The number of nitrogens with one attached hydrogen (secondary N) is 1. The molecule has 0 bridgehead atoms. The second-order valence-electron chi connectivity index (χ2n) is 8.71. The second-order valence-corrected chi connectivity index (χ2v) is 10.4. The summed E-state index contributed by atoms with van der Waals surface area (Å²) in [6.07, 6.45) is -10.2. The van der Waals surface area contributed by atoms with Crippen LogP contribution in [0.15, 0.2) is 47.4 Å². The number of nitrogens with two attached hydrogens (primary N) is 1. The topological polar surface area (TPSA) is 164 Å². The summed E-state index contributed by atoms with van der Waals surface area (Å²) in [6.45, 7) is 3.01. The van der Waals surface area contributed by atoms with Crippen LogP contribution in [-0.4, -0.2) is 63.7 Å². The van der Waals surface area contributed by atoms with Crippen LogP contribution in [-0.2, 0) is 23.4 Å². The molecule has 210 valence electrons. The Morgan fingerprint density at radius 1 is 1.29 bits per heavy atom. The Balaban J connectivity index is 1.90. The number of para-hydroxylation sites is 1. The number of hydrogen-bond donors (Lipinski definition) is 3. The van der Waals surface area contributed by atoms with Crippen LogP contribution < -0.4 is 21.0 Å². The first-order valence-electron chi connectivity index (χ1n) is 11.4. The average Bonchev–Trinajstić information content (AvgIpc) is 3.09. The van der Waals surface area contributed by atoms with Crippen molar-refractivity contribution in [3.05, 3.63) is 53.1 Å². The van der Waals surface area contributed by atoms with Gasteiger partial charge in [-0.1, -0.05) is 18.2 Å². The van der Waals surface area contributed by atoms with E-state index in [9.17, 15) is 28.0 Å². The number of benzene rings is 1. The molecule has 0 spiro atoms. The fourth-order valence-corrected chi connectivity index (χ4v) is 5.03. The molecule has 6 atom stereocenters. The summed E-state index contributed by atoms with van der Waals surface area (Å²) in [5.41, 5.74) is 1.13. The van der Waals surface area contributed by atoms with Gasteiger partial charge in [0.15, 0.2) is 18.0 Å². The number of aliphatic hydroxyl groups is 1. The minimum absolute atomic E-state index is 0.0274. The van der Waals surface area contributed by atoms with E-state index in [1.54, 1.807) is 19.9 Å². The van der Waals surface area contributed by atoms with Gasteiger partial charge in [-0.15, -0.1) is 0 Å². The molecule has 1 aliphatic heterocycles. The minimum Gasteiger partial charge on any atom is -0.462 e. The van der Waals surface area contributed by atoms with Gasteiger partial charge in [0.05, 0.1) is 12.7 Å². The highest BCUT2D eigenvalue weighted by molar-refractivity contribution is 7.52. The number of hydrogen-bond acceptors (Lipinski definition) is 10. The molecule has 0 aliphatic carbocycles. The molecule has 3 rings (SSSR count). The first kappa shape index (κ1) is 29.6. The molecule has 2 heterocycles. The van der Waals surface area contributed by atoms with E-state index in [0.717, 1.165) is 12.3 Å². The fraction of sp³-hybridized carbons (Fsp3) is 0.500. The van der Waals surface area contributed by atoms with Crippen LogP contribution in [0, 0.1) is 0 Å². The number of nitrogen functional groups attached to an aromatic ring is 1. The Hall–Kier alpha value is -2.97. The molecule has 1 unspecified atom stereocenters. The quantitative estimate of drug-likeness (QED) is 0.271. The van der Waals surface area contributed by atoms with Gasteiger partial charge in [-0.25, -0.2) is 22.5 Å². The molecule has 0 saturated carbocycles. The molecule has 4 N–H and O–H groups in total. The molecule has 1 saturated heterocycles. The fourth-order valence-electron chi connectivity index (χ4n) is 3.50. The maximum absolute atomic E-state index is 15.2. The Morgan fingerprint density at radius 3 is 2.53 bits per heavy atom. The van der Waals surface area contributed by atoms with Gasteiger partial charge in [0.1, 0.15) is 23.7 Å². The Bertz CT molecular complexity index is 1220. The molecule has 16 heteroatoms. The zero-order valence-corrected chi connectivity index (χ0v) is 21.5. The van der Waals surface area contributed by atoms with Gasteiger partial charge in [0.25, 0.3) is 6.43 Å². The van der Waals surface area contributed by atoms with E-state index in [-0.39, 0.29) is 11.6 Å². The smallest absolute Gasteiger partial charge is 0.459 e. The number of aromatic nitrogens is 2. The zero-order chi connectivity index (χ0) is 28.3. The molecule has 2 aromatic rings. The van der Waals surface area contributed by atoms with Crippen LogP contribution in [0.3, 0.4) is 0 Å². The molecule has 1 aromatic heterocycles. The van der Waals surface area contributed by atoms with Crippen molar-refractivity contribution in [3.8, 4) is 5.75 Å². The van der Waals surface area contributed by atoms with Crippen molar-refractivity contribution in [2.45, 2.75) is 63.4 Å². The van der Waals surface area contributed by atoms with Crippen LogP contribution in [0.5, 0.6) is 5.75 Å². The molecule has 1 aliphatic rings. The third-order valence-electron chi connectivity index (χ3n) is 5.38. The van der Waals surface area contributed by atoms with Gasteiger partial charge in [0.2, 0.25) is 0 Å². The Labute approximate surface area is 215 Å². The van der Waals surface area contributed by atoms with Crippen molar-refractivity contribution < 1.29 is 46.2 Å². The van der Waals surface area contributed by atoms with Gasteiger partial charge >= 0.3 is 19.4 Å². The summed E-state index contributed by atoms with van der Waals surface area (Å²) in [6, 6.07) is 7.23. The molecule has 0 radical (unpaired) electrons. The van der Waals surface area contributed by atoms with E-state index in [2.05, 4.69) is 10.1 Å². The molecule has 0 amide bonds. The lowest BCUT2D eigenvalue weighted by molar-refractivity contribution is -0.183. The maximum atomic E-state index is 15.2. The predicted molar refractivity (Wildman–Crippen MR) is 127 cm³/mol. The summed E-state index contributed by atoms with van der Waals surface area (Å²) < 4.78 is 78.8. The SMILES string of the molecule is CC(C)OC(=O)[C@H](C)NP(=O)(OC[C@@]1(C(F)F)O[C@@H](n2ccc(N)nc2=O)[C@H](O)[C@@H]1F)Oc1ccccc1. The number of alkyl halides is 3. The van der Waals surface area contributed by atoms with Gasteiger partial charge < -0.3 is 24.8 Å². The first-order valence-corrected chi connectivity index (χ1v) is 12.9. The summed E-state index contributed by atoms with van der Waals surface area (Å²) in [7, 11) is -4.69. The van der Waals surface area contributed by atoms with E-state index in [4.69, 9.17) is 24.3 Å². The normalized spacial score (nSPS) is 25.8. The van der Waals surface area contributed by atoms with Crippen LogP contribution >= 0.6 is 7.75 Å². The highest BCUT2D eigenvalue weighted by atomic mass is 31.2. The molecule has 1 aromatic carbocycles. The van der Waals surface area contributed by atoms with Crippen molar-refractivity contribution in [1.82, 2.24) is 14.6 Å². The van der Waals surface area contributed by atoms with Crippen molar-refractivity contribution in [3.63, 3.8) is 0 Å². The second kappa shape index (κ2) is 11.8. The third kappa shape index (κ3) is 6.53. The Kier molecular flexibility index (Phi) is 9.21. The maximum Gasteiger partial charge on any atom is 0.459 e. The lowest BCUT2D eigenvalue weighted by atomic mass is 9.98. The zero-order valence-electron chi connectivity index (χ0n) is 20.6. The molecule has 12 nitrogen and oxygen atoms in total. The van der Waals surface area contributed by atoms with Gasteiger partial charge in [-0.05, 0) is 39.0 Å². The Morgan fingerprint density at radius 2 is 1.95 bits per heavy atom. The monoisotopic (exact) mass is 564 g/mol. The summed E-state index contributed by atoms with van der Waals surface area (Å²) in [4.78, 5) is 27.8. The number of ether oxygens (including phenoxy) is 2. The minimum atomic E-state index is -4.69. The van der Waals surface area contributed by atoms with E-state index in [0.29, 0.717) is 4.57 Å². The number of carbonyl (C=O) groups excluding carboxylic acids is 1. The predicted octanol–water partition coefficient (Wildman–Crippen LogP) is 2.19. The molecule has 38 heavy (non-hydrogen) atoms. The highest BCUT2D eigenvalue weighted by Gasteiger charge is 2.63. The number of carbonyl (C=O) groups is 1. The van der Waals surface area contributed by atoms with Gasteiger partial charge in [0, 0.05) is 6.20 Å². The largest absolute Gasteiger partial charge is 0.462 e. The van der Waals surface area contributed by atoms with Crippen LogP contribution in [0.4, 0.5) is 19.0 Å². The first-order chi connectivity index (χ1) is 17.8. The van der Waals surface area contributed by atoms with Crippen LogP contribution in [0.2, 0.25) is 0 Å². The number of rotatable bonds is 11. The highest BCUT2D eigenvalue weighted by Crippen LogP contribution is 2.49. The average molecular weight is 564 g/mol. The lowest BCUT2D eigenvalue weighted by Crippen LogP contribution is -2.51. The molecular weight excluding hydrogens is 536 g/mol. The summed E-state index contributed by atoms with van der Waals surface area (Å²) in [5.74, 6) is -1.08. The van der Waals surface area contributed by atoms with Crippen LogP contribution in [0.1, 0.15) is 27.0 Å². The van der Waals surface area contributed by atoms with E-state index >= 15 is 4.39 Å².